The van der Waals surface area contributed by atoms with Crippen LogP contribution in [0.25, 0.3) is 0 Å². The fourth-order valence-electron chi connectivity index (χ4n) is 3.38. The molecule has 0 radical (unpaired) electrons. The summed E-state index contributed by atoms with van der Waals surface area (Å²) in [4.78, 5) is 18.8. The van der Waals surface area contributed by atoms with Crippen molar-refractivity contribution in [1.29, 1.82) is 0 Å². The molecule has 1 aromatic heterocycles. The van der Waals surface area contributed by atoms with Crippen molar-refractivity contribution in [2.24, 2.45) is 11.7 Å². The minimum Gasteiger partial charge on any atom is -0.378 e. The molecule has 8 heteroatoms. The van der Waals surface area contributed by atoms with Gasteiger partial charge >= 0.3 is 0 Å². The SMILES string of the molecule is Cl.Cl.NC1CCCCC1CC(=O)Nc1ccc(N2CCOCC2)nc1. The van der Waals surface area contributed by atoms with Crippen LogP contribution in [0.2, 0.25) is 0 Å². The number of pyridine rings is 1. The highest BCUT2D eigenvalue weighted by atomic mass is 35.5. The lowest BCUT2D eigenvalue weighted by molar-refractivity contribution is -0.117. The Balaban J connectivity index is 0.00000156. The van der Waals surface area contributed by atoms with E-state index in [0.717, 1.165) is 50.7 Å². The summed E-state index contributed by atoms with van der Waals surface area (Å²) in [5, 5.41) is 2.94. The van der Waals surface area contributed by atoms with E-state index in [4.69, 9.17) is 10.5 Å². The Morgan fingerprint density at radius 2 is 1.96 bits per heavy atom. The Morgan fingerprint density at radius 1 is 1.24 bits per heavy atom. The first-order chi connectivity index (χ1) is 11.2. The summed E-state index contributed by atoms with van der Waals surface area (Å²) in [7, 11) is 0. The van der Waals surface area contributed by atoms with Crippen LogP contribution in [-0.4, -0.2) is 43.2 Å². The second kappa shape index (κ2) is 10.8. The number of halogens is 2. The van der Waals surface area contributed by atoms with Crippen LogP contribution in [0.3, 0.4) is 0 Å². The van der Waals surface area contributed by atoms with E-state index in [-0.39, 0.29) is 36.8 Å². The number of carbonyl (C=O) groups excluding carboxylic acids is 1. The van der Waals surface area contributed by atoms with Crippen molar-refractivity contribution in [2.75, 3.05) is 36.5 Å². The van der Waals surface area contributed by atoms with Crippen molar-refractivity contribution < 1.29 is 9.53 Å². The van der Waals surface area contributed by atoms with E-state index in [0.29, 0.717) is 12.3 Å². The van der Waals surface area contributed by atoms with Gasteiger partial charge in [-0.05, 0) is 30.9 Å². The van der Waals surface area contributed by atoms with Gasteiger partial charge in [0, 0.05) is 25.6 Å². The second-order valence-electron chi connectivity index (χ2n) is 6.47. The molecular weight excluding hydrogens is 363 g/mol. The predicted octanol–water partition coefficient (Wildman–Crippen LogP) is 2.61. The molecule has 1 saturated carbocycles. The third-order valence-electron chi connectivity index (χ3n) is 4.78. The van der Waals surface area contributed by atoms with Gasteiger partial charge in [0.2, 0.25) is 5.91 Å². The molecule has 2 fully saturated rings. The lowest BCUT2D eigenvalue weighted by atomic mass is 9.83. The van der Waals surface area contributed by atoms with Crippen LogP contribution in [-0.2, 0) is 9.53 Å². The molecule has 6 nitrogen and oxygen atoms in total. The standard InChI is InChI=1S/C17H26N4O2.2ClH/c18-15-4-2-1-3-13(15)11-17(22)20-14-5-6-16(19-12-14)21-7-9-23-10-8-21;;/h5-6,12-13,15H,1-4,7-11,18H2,(H,20,22);2*1H. The van der Waals surface area contributed by atoms with Gasteiger partial charge < -0.3 is 20.7 Å². The van der Waals surface area contributed by atoms with Crippen molar-refractivity contribution in [3.63, 3.8) is 0 Å². The first-order valence-corrected chi connectivity index (χ1v) is 8.56. The quantitative estimate of drug-likeness (QED) is 0.825. The van der Waals surface area contributed by atoms with Crippen LogP contribution in [0.15, 0.2) is 18.3 Å². The zero-order valence-corrected chi connectivity index (χ0v) is 16.0. The molecule has 1 aliphatic carbocycles. The maximum absolute atomic E-state index is 12.2. The topological polar surface area (TPSA) is 80.5 Å². The number of amides is 1. The number of carbonyl (C=O) groups is 1. The van der Waals surface area contributed by atoms with E-state index < -0.39 is 0 Å². The molecule has 0 aromatic carbocycles. The van der Waals surface area contributed by atoms with Crippen molar-refractivity contribution in [3.8, 4) is 0 Å². The first-order valence-electron chi connectivity index (χ1n) is 8.56. The number of nitrogens with one attached hydrogen (secondary N) is 1. The average molecular weight is 391 g/mol. The molecule has 2 heterocycles. The molecule has 0 spiro atoms. The average Bonchev–Trinajstić information content (AvgIpc) is 2.58. The molecule has 1 saturated heterocycles. The zero-order chi connectivity index (χ0) is 16.1. The number of anilines is 2. The van der Waals surface area contributed by atoms with Crippen LogP contribution < -0.4 is 16.0 Å². The van der Waals surface area contributed by atoms with E-state index in [2.05, 4.69) is 15.2 Å². The van der Waals surface area contributed by atoms with Crippen molar-refractivity contribution in [3.05, 3.63) is 18.3 Å². The third kappa shape index (κ3) is 6.29. The monoisotopic (exact) mass is 390 g/mol. The fraction of sp³-hybridized carbons (Fsp3) is 0.647. The molecule has 1 aliphatic heterocycles. The van der Waals surface area contributed by atoms with E-state index in [1.165, 1.54) is 12.8 Å². The van der Waals surface area contributed by atoms with Gasteiger partial charge in [0.05, 0.1) is 25.1 Å². The molecule has 25 heavy (non-hydrogen) atoms. The van der Waals surface area contributed by atoms with Gasteiger partial charge in [-0.15, -0.1) is 24.8 Å². The summed E-state index contributed by atoms with van der Waals surface area (Å²) in [6, 6.07) is 4.03. The number of rotatable bonds is 4. The Morgan fingerprint density at radius 3 is 2.60 bits per heavy atom. The van der Waals surface area contributed by atoms with Gasteiger partial charge in [0.1, 0.15) is 5.82 Å². The van der Waals surface area contributed by atoms with E-state index in [9.17, 15) is 4.79 Å². The van der Waals surface area contributed by atoms with Gasteiger partial charge in [-0.3, -0.25) is 4.79 Å². The Bertz CT molecular complexity index is 524. The van der Waals surface area contributed by atoms with E-state index in [1.54, 1.807) is 6.20 Å². The van der Waals surface area contributed by atoms with Crippen molar-refractivity contribution in [1.82, 2.24) is 4.98 Å². The predicted molar refractivity (Wildman–Crippen MR) is 105 cm³/mol. The van der Waals surface area contributed by atoms with Crippen LogP contribution in [0, 0.1) is 5.92 Å². The first kappa shape index (κ1) is 22.0. The summed E-state index contributed by atoms with van der Waals surface area (Å²) < 4.78 is 5.34. The molecular formula is C17H28Cl2N4O2. The number of nitrogens with zero attached hydrogens (tertiary/aromatic N) is 2. The van der Waals surface area contributed by atoms with Crippen LogP contribution in [0.5, 0.6) is 0 Å². The largest absolute Gasteiger partial charge is 0.378 e. The van der Waals surface area contributed by atoms with E-state index in [1.807, 2.05) is 12.1 Å². The number of nitrogens with two attached hydrogens (primary N) is 1. The summed E-state index contributed by atoms with van der Waals surface area (Å²) >= 11 is 0. The number of hydrogen-bond acceptors (Lipinski definition) is 5. The molecule has 1 aromatic rings. The fourth-order valence-corrected chi connectivity index (χ4v) is 3.38. The molecule has 2 unspecified atom stereocenters. The highest BCUT2D eigenvalue weighted by Crippen LogP contribution is 2.26. The smallest absolute Gasteiger partial charge is 0.224 e. The molecule has 2 aliphatic rings. The molecule has 1 amide bonds. The lowest BCUT2D eigenvalue weighted by Crippen LogP contribution is -2.36. The summed E-state index contributed by atoms with van der Waals surface area (Å²) in [5.74, 6) is 1.28. The Kier molecular flexibility index (Phi) is 9.50. The minimum atomic E-state index is 0. The van der Waals surface area contributed by atoms with Gasteiger partial charge in [-0.1, -0.05) is 12.8 Å². The van der Waals surface area contributed by atoms with Crippen LogP contribution in [0.1, 0.15) is 32.1 Å². The van der Waals surface area contributed by atoms with Gasteiger partial charge in [0.25, 0.3) is 0 Å². The molecule has 2 atom stereocenters. The minimum absolute atomic E-state index is 0. The van der Waals surface area contributed by atoms with Gasteiger partial charge in [0.15, 0.2) is 0 Å². The van der Waals surface area contributed by atoms with Crippen LogP contribution >= 0.6 is 24.8 Å². The Hall–Kier alpha value is -1.08. The van der Waals surface area contributed by atoms with Crippen molar-refractivity contribution >= 4 is 42.2 Å². The van der Waals surface area contributed by atoms with Crippen molar-refractivity contribution in [2.45, 2.75) is 38.1 Å². The molecule has 3 rings (SSSR count). The highest BCUT2D eigenvalue weighted by Gasteiger charge is 2.24. The molecule has 142 valence electrons. The summed E-state index contributed by atoms with van der Waals surface area (Å²) in [6.07, 6.45) is 6.69. The highest BCUT2D eigenvalue weighted by molar-refractivity contribution is 5.90. The molecule has 3 N–H and O–H groups in total. The van der Waals surface area contributed by atoms with Gasteiger partial charge in [-0.25, -0.2) is 4.98 Å². The zero-order valence-electron chi connectivity index (χ0n) is 14.4. The second-order valence-corrected chi connectivity index (χ2v) is 6.47. The van der Waals surface area contributed by atoms with Crippen LogP contribution in [0.4, 0.5) is 11.5 Å². The normalized spacial score (nSPS) is 23.2. The van der Waals surface area contributed by atoms with Gasteiger partial charge in [-0.2, -0.15) is 0 Å². The Labute approximate surface area is 161 Å². The summed E-state index contributed by atoms with van der Waals surface area (Å²) in [6.45, 7) is 3.19. The number of hydrogen-bond donors (Lipinski definition) is 2. The lowest BCUT2D eigenvalue weighted by Gasteiger charge is -2.28. The third-order valence-corrected chi connectivity index (χ3v) is 4.78. The van der Waals surface area contributed by atoms with E-state index >= 15 is 0 Å². The maximum atomic E-state index is 12.2. The number of aromatic nitrogens is 1. The maximum Gasteiger partial charge on any atom is 0.224 e. The summed E-state index contributed by atoms with van der Waals surface area (Å²) in [5.41, 5.74) is 6.86. The number of morpholine rings is 1. The molecule has 0 bridgehead atoms. The number of ether oxygens (including phenoxy) is 1.